The van der Waals surface area contributed by atoms with Crippen LogP contribution in [0.5, 0.6) is 5.75 Å². The standard InChI is InChI=1S/C47H54N10O5/c1-29-22-32(8-9-35(29)42-28-55(20-21-62-42)40-24-39(51-52-44(40)48)36-4-2-3-5-41(36)58)46(60)54-17-10-30(11-18-54)26-53-15-12-33(13-16-53)57-27-38(31-6-7-31)37-23-34(25-49-45(37)57)56-19-14-43(59)50-47(56)61/h2-5,8-9,22-25,27,30-31,33,42,58H,6-7,10-21,26,28H2,1H3,(H2,48,52)(H,50,59,61)/t42-/m0/s1. The first-order valence-electron chi connectivity index (χ1n) is 22.2. The van der Waals surface area contributed by atoms with Crippen LogP contribution in [-0.2, 0) is 9.53 Å². The lowest BCUT2D eigenvalue weighted by atomic mass is 9.93. The van der Waals surface area contributed by atoms with Crippen molar-refractivity contribution in [1.29, 1.82) is 0 Å². The van der Waals surface area contributed by atoms with Crippen LogP contribution in [-0.4, -0.2) is 111 Å². The van der Waals surface area contributed by atoms with E-state index in [4.69, 9.17) is 15.5 Å². The van der Waals surface area contributed by atoms with E-state index in [1.54, 1.807) is 29.3 Å². The number of aryl methyl sites for hydroxylation is 1. The Labute approximate surface area is 360 Å². The lowest BCUT2D eigenvalue weighted by Crippen LogP contribution is -2.49. The maximum absolute atomic E-state index is 13.8. The second-order valence-electron chi connectivity index (χ2n) is 17.7. The number of nitrogens with zero attached hydrogens (tertiary/aromatic N) is 8. The Kier molecular flexibility index (Phi) is 10.8. The van der Waals surface area contributed by atoms with Crippen molar-refractivity contribution in [2.24, 2.45) is 5.92 Å². The van der Waals surface area contributed by atoms with Crippen LogP contribution in [0.1, 0.15) is 90.1 Å². The Bertz CT molecular complexity index is 2520. The van der Waals surface area contributed by atoms with Gasteiger partial charge in [0.1, 0.15) is 17.5 Å². The van der Waals surface area contributed by atoms with Crippen LogP contribution in [0.3, 0.4) is 0 Å². The van der Waals surface area contributed by atoms with Gasteiger partial charge in [-0.15, -0.1) is 10.2 Å². The van der Waals surface area contributed by atoms with Crippen molar-refractivity contribution in [2.75, 3.05) is 74.5 Å². The van der Waals surface area contributed by atoms with E-state index in [0.717, 1.165) is 91.9 Å². The number of piperidine rings is 2. The number of ether oxygens (including phenoxy) is 1. The molecule has 0 spiro atoms. The van der Waals surface area contributed by atoms with Crippen LogP contribution in [0.4, 0.5) is 22.0 Å². The molecular formula is C47H54N10O5. The van der Waals surface area contributed by atoms with Crippen LogP contribution in [0, 0.1) is 12.8 Å². The first kappa shape index (κ1) is 40.0. The minimum absolute atomic E-state index is 0.0805. The van der Waals surface area contributed by atoms with E-state index < -0.39 is 0 Å². The molecule has 7 heterocycles. The number of likely N-dealkylation sites (tertiary alicyclic amines) is 2. The fourth-order valence-electron chi connectivity index (χ4n) is 10.0. The Balaban J connectivity index is 0.725. The number of nitrogen functional groups attached to an aromatic ring is 1. The van der Waals surface area contributed by atoms with Gasteiger partial charge in [-0.2, -0.15) is 0 Å². The number of nitrogens with one attached hydrogen (secondary N) is 1. The van der Waals surface area contributed by atoms with Crippen molar-refractivity contribution in [3.63, 3.8) is 0 Å². The molecule has 1 saturated carbocycles. The number of fused-ring (bicyclic) bond motifs is 1. The highest BCUT2D eigenvalue weighted by atomic mass is 16.5. The summed E-state index contributed by atoms with van der Waals surface area (Å²) >= 11 is 0. The Hall–Kier alpha value is -6.06. The average molecular weight is 839 g/mol. The van der Waals surface area contributed by atoms with Crippen molar-refractivity contribution >= 4 is 46.1 Å². The third-order valence-corrected chi connectivity index (χ3v) is 13.7. The van der Waals surface area contributed by atoms with Crippen molar-refractivity contribution in [1.82, 2.24) is 34.9 Å². The van der Waals surface area contributed by atoms with Gasteiger partial charge in [-0.3, -0.25) is 19.8 Å². The third kappa shape index (κ3) is 7.95. The zero-order valence-electron chi connectivity index (χ0n) is 35.2. The molecule has 10 rings (SSSR count). The van der Waals surface area contributed by atoms with E-state index in [0.29, 0.717) is 73.2 Å². The van der Waals surface area contributed by atoms with Crippen molar-refractivity contribution < 1.29 is 24.2 Å². The number of carbonyl (C=O) groups is 3. The van der Waals surface area contributed by atoms with E-state index in [-0.39, 0.29) is 29.7 Å². The number of nitrogens with two attached hydrogens (primary N) is 1. The van der Waals surface area contributed by atoms with Crippen LogP contribution >= 0.6 is 0 Å². The van der Waals surface area contributed by atoms with Crippen LogP contribution in [0.15, 0.2) is 67.0 Å². The second-order valence-corrected chi connectivity index (χ2v) is 17.7. The number of imide groups is 1. The van der Waals surface area contributed by atoms with Gasteiger partial charge < -0.3 is 34.8 Å². The van der Waals surface area contributed by atoms with E-state index in [1.165, 1.54) is 18.4 Å². The Morgan fingerprint density at radius 2 is 1.73 bits per heavy atom. The number of aromatic nitrogens is 4. The minimum Gasteiger partial charge on any atom is -0.507 e. The van der Waals surface area contributed by atoms with Gasteiger partial charge in [0.25, 0.3) is 5.91 Å². The average Bonchev–Trinajstić information content (AvgIpc) is 4.07. The Morgan fingerprint density at radius 1 is 0.919 bits per heavy atom. The first-order chi connectivity index (χ1) is 30.2. The zero-order valence-corrected chi connectivity index (χ0v) is 35.2. The topological polar surface area (TPSA) is 175 Å². The van der Waals surface area contributed by atoms with E-state index in [1.807, 2.05) is 42.2 Å². The molecule has 4 aliphatic heterocycles. The van der Waals surface area contributed by atoms with Crippen LogP contribution < -0.4 is 20.9 Å². The quantitative estimate of drug-likeness (QED) is 0.155. The number of pyridine rings is 1. The summed E-state index contributed by atoms with van der Waals surface area (Å²) in [6.07, 6.45) is 10.6. The van der Waals surface area contributed by atoms with Crippen LogP contribution in [0.2, 0.25) is 0 Å². The van der Waals surface area contributed by atoms with Crippen molar-refractivity contribution in [2.45, 2.75) is 69.9 Å². The molecule has 5 aliphatic rings. The highest BCUT2D eigenvalue weighted by molar-refractivity contribution is 6.06. The van der Waals surface area contributed by atoms with Gasteiger partial charge in [-0.05, 0) is 110 Å². The number of hydrogen-bond donors (Lipinski definition) is 3. The summed E-state index contributed by atoms with van der Waals surface area (Å²) in [5, 5.41) is 22.4. The van der Waals surface area contributed by atoms with Gasteiger partial charge in [-0.1, -0.05) is 18.2 Å². The molecular weight excluding hydrogens is 785 g/mol. The SMILES string of the molecule is Cc1cc(C(=O)N2CCC(CN3CCC(n4cc(C5CC5)c5cc(N6CCC(=O)NC6=O)cnc54)CC3)CC2)ccc1[C@@H]1CN(c2cc(-c3ccccc3O)nnc2N)CCO1. The number of phenols is 1. The molecule has 62 heavy (non-hydrogen) atoms. The summed E-state index contributed by atoms with van der Waals surface area (Å²) in [5.74, 6) is 1.40. The summed E-state index contributed by atoms with van der Waals surface area (Å²) in [5.41, 5.74) is 14.0. The van der Waals surface area contributed by atoms with E-state index in [2.05, 4.69) is 42.1 Å². The fraction of sp³-hybridized carbons (Fsp3) is 0.447. The number of urea groups is 1. The molecule has 15 nitrogen and oxygen atoms in total. The number of amides is 4. The molecule has 4 N–H and O–H groups in total. The summed E-state index contributed by atoms with van der Waals surface area (Å²) in [6.45, 7) is 8.74. The number of para-hydroxylation sites is 1. The van der Waals surface area contributed by atoms with Gasteiger partial charge in [0, 0.05) is 87.5 Å². The van der Waals surface area contributed by atoms with Gasteiger partial charge in [0.15, 0.2) is 5.82 Å². The minimum atomic E-state index is -0.380. The lowest BCUT2D eigenvalue weighted by Gasteiger charge is -2.38. The van der Waals surface area contributed by atoms with Gasteiger partial charge in [0.2, 0.25) is 5.91 Å². The maximum atomic E-state index is 13.8. The Morgan fingerprint density at radius 3 is 2.48 bits per heavy atom. The van der Waals surface area contributed by atoms with Gasteiger partial charge >= 0.3 is 6.03 Å². The summed E-state index contributed by atoms with van der Waals surface area (Å²) in [4.78, 5) is 51.5. The van der Waals surface area contributed by atoms with Crippen molar-refractivity contribution in [3.8, 4) is 17.0 Å². The smallest absolute Gasteiger partial charge is 0.328 e. The molecule has 0 bridgehead atoms. The van der Waals surface area contributed by atoms with Gasteiger partial charge in [0.05, 0.1) is 29.9 Å². The molecule has 5 fully saturated rings. The molecule has 4 saturated heterocycles. The molecule has 0 unspecified atom stereocenters. The zero-order chi connectivity index (χ0) is 42.5. The number of carbonyl (C=O) groups excluding carboxylic acids is 3. The summed E-state index contributed by atoms with van der Waals surface area (Å²) in [7, 11) is 0. The van der Waals surface area contributed by atoms with Gasteiger partial charge in [-0.25, -0.2) is 9.78 Å². The molecule has 0 radical (unpaired) electrons. The molecule has 5 aromatic rings. The number of morpholine rings is 1. The summed E-state index contributed by atoms with van der Waals surface area (Å²) < 4.78 is 8.66. The third-order valence-electron chi connectivity index (χ3n) is 13.7. The number of hydrogen-bond acceptors (Lipinski definition) is 11. The maximum Gasteiger partial charge on any atom is 0.328 e. The summed E-state index contributed by atoms with van der Waals surface area (Å²) in [6, 6.07) is 17.0. The predicted molar refractivity (Wildman–Crippen MR) is 236 cm³/mol. The van der Waals surface area contributed by atoms with Crippen LogP contribution in [0.25, 0.3) is 22.3 Å². The molecule has 322 valence electrons. The monoisotopic (exact) mass is 838 g/mol. The molecule has 1 aliphatic carbocycles. The fourth-order valence-corrected chi connectivity index (χ4v) is 10.0. The molecule has 15 heteroatoms. The largest absolute Gasteiger partial charge is 0.507 e. The van der Waals surface area contributed by atoms with E-state index in [9.17, 15) is 19.5 Å². The highest BCUT2D eigenvalue weighted by Crippen LogP contribution is 2.45. The normalized spacial score (nSPS) is 20.9. The highest BCUT2D eigenvalue weighted by Gasteiger charge is 2.33. The molecule has 2 aromatic carbocycles. The predicted octanol–water partition coefficient (Wildman–Crippen LogP) is 6.18. The molecule has 4 amide bonds. The van der Waals surface area contributed by atoms with Crippen molar-refractivity contribution in [3.05, 3.63) is 89.2 Å². The lowest BCUT2D eigenvalue weighted by molar-refractivity contribution is -0.120. The molecule has 3 aromatic heterocycles. The number of rotatable bonds is 9. The number of aromatic hydroxyl groups is 1. The van der Waals surface area contributed by atoms with E-state index >= 15 is 0 Å². The number of benzene rings is 2. The second kappa shape index (κ2) is 16.7. The molecule has 1 atom stereocenters. The number of anilines is 3. The number of phenolic OH excluding ortho intramolecular Hbond substituents is 1. The first-order valence-corrected chi connectivity index (χ1v) is 22.2.